The van der Waals surface area contributed by atoms with Crippen LogP contribution >= 0.6 is 0 Å². The highest BCUT2D eigenvalue weighted by Gasteiger charge is 2.24. The van der Waals surface area contributed by atoms with Crippen LogP contribution in [0.25, 0.3) is 22.5 Å². The van der Waals surface area contributed by atoms with Crippen LogP contribution in [0.3, 0.4) is 0 Å². The number of amides is 1. The first-order valence-electron chi connectivity index (χ1n) is 9.79. The number of hydrogen-bond acceptors (Lipinski definition) is 5. The summed E-state index contributed by atoms with van der Waals surface area (Å²) in [6.07, 6.45) is 1.50. The number of para-hydroxylation sites is 1. The molecule has 3 aromatic carbocycles. The van der Waals surface area contributed by atoms with Crippen LogP contribution in [0, 0.1) is 0 Å². The normalized spacial score (nSPS) is 11.2. The molecule has 0 aliphatic carbocycles. The first-order chi connectivity index (χ1) is 15.4. The molecule has 0 saturated heterocycles. The molecular formula is C24H21N3O4S. The third-order valence-corrected chi connectivity index (χ3v) is 6.32. The molecule has 0 fully saturated rings. The number of carbonyl (C=O) groups is 1. The van der Waals surface area contributed by atoms with Crippen LogP contribution in [-0.2, 0) is 17.1 Å². The Morgan fingerprint density at radius 2 is 1.53 bits per heavy atom. The number of rotatable bonds is 6. The van der Waals surface area contributed by atoms with E-state index in [0.717, 1.165) is 16.7 Å². The predicted octanol–water partition coefficient (Wildman–Crippen LogP) is 3.88. The van der Waals surface area contributed by atoms with Gasteiger partial charge in [-0.05, 0) is 23.3 Å². The van der Waals surface area contributed by atoms with Crippen molar-refractivity contribution in [2.45, 2.75) is 4.90 Å². The molecule has 1 heterocycles. The third-order valence-electron chi connectivity index (χ3n) is 4.95. The van der Waals surface area contributed by atoms with Gasteiger partial charge in [0.25, 0.3) is 15.9 Å². The van der Waals surface area contributed by atoms with E-state index in [9.17, 15) is 13.2 Å². The minimum absolute atomic E-state index is 0.0103. The molecule has 0 unspecified atom stereocenters. The molecule has 1 aromatic heterocycles. The highest BCUT2D eigenvalue weighted by molar-refractivity contribution is 7.90. The minimum atomic E-state index is -4.14. The van der Waals surface area contributed by atoms with E-state index in [1.165, 1.54) is 25.4 Å². The summed E-state index contributed by atoms with van der Waals surface area (Å²) in [4.78, 5) is 17.1. The smallest absolute Gasteiger partial charge is 0.285 e. The van der Waals surface area contributed by atoms with Crippen molar-refractivity contribution >= 4 is 15.9 Å². The fraction of sp³-hybridized carbons (Fsp3) is 0.0833. The standard InChI is InChI=1S/C24H21N3O4S/c1-27-16-20(24(28)26-32(29,30)22-15-9-8-14-21(22)31-2)25-23(27)19-13-7-6-12-18(19)17-10-4-3-5-11-17/h3-16H,1-2H3,(H,26,28). The van der Waals surface area contributed by atoms with E-state index in [2.05, 4.69) is 9.71 Å². The van der Waals surface area contributed by atoms with Gasteiger partial charge in [-0.2, -0.15) is 0 Å². The van der Waals surface area contributed by atoms with E-state index in [-0.39, 0.29) is 16.3 Å². The first-order valence-corrected chi connectivity index (χ1v) is 11.3. The Morgan fingerprint density at radius 3 is 2.25 bits per heavy atom. The van der Waals surface area contributed by atoms with Crippen molar-refractivity contribution in [3.63, 3.8) is 0 Å². The van der Waals surface area contributed by atoms with Crippen molar-refractivity contribution in [1.29, 1.82) is 0 Å². The van der Waals surface area contributed by atoms with Crippen LogP contribution in [0.1, 0.15) is 10.5 Å². The van der Waals surface area contributed by atoms with Gasteiger partial charge in [0.15, 0.2) is 0 Å². The van der Waals surface area contributed by atoms with Crippen molar-refractivity contribution in [3.8, 4) is 28.3 Å². The second kappa shape index (κ2) is 8.68. The molecule has 8 heteroatoms. The molecular weight excluding hydrogens is 426 g/mol. The summed E-state index contributed by atoms with van der Waals surface area (Å²) in [5, 5.41) is 0. The average Bonchev–Trinajstić information content (AvgIpc) is 3.21. The quantitative estimate of drug-likeness (QED) is 0.484. The lowest BCUT2D eigenvalue weighted by atomic mass is 9.99. The van der Waals surface area contributed by atoms with Gasteiger partial charge in [-0.25, -0.2) is 18.1 Å². The summed E-state index contributed by atoms with van der Waals surface area (Å²) in [6, 6.07) is 23.6. The number of benzene rings is 3. The Labute approximate surface area is 186 Å². The number of hydrogen-bond donors (Lipinski definition) is 1. The fourth-order valence-electron chi connectivity index (χ4n) is 3.44. The summed E-state index contributed by atoms with van der Waals surface area (Å²) in [6.45, 7) is 0. The van der Waals surface area contributed by atoms with Crippen molar-refractivity contribution in [2.75, 3.05) is 7.11 Å². The molecule has 32 heavy (non-hydrogen) atoms. The number of aromatic nitrogens is 2. The number of nitrogens with one attached hydrogen (secondary N) is 1. The Balaban J connectivity index is 1.68. The van der Waals surface area contributed by atoms with Gasteiger partial charge in [0, 0.05) is 18.8 Å². The zero-order valence-electron chi connectivity index (χ0n) is 17.5. The SMILES string of the molecule is COc1ccccc1S(=O)(=O)NC(=O)c1cn(C)c(-c2ccccc2-c2ccccc2)n1. The van der Waals surface area contributed by atoms with Gasteiger partial charge < -0.3 is 9.30 Å². The molecule has 1 amide bonds. The molecule has 0 saturated carbocycles. The average molecular weight is 448 g/mol. The van der Waals surface area contributed by atoms with E-state index in [1.807, 2.05) is 54.6 Å². The van der Waals surface area contributed by atoms with Crippen LogP contribution in [0.5, 0.6) is 5.75 Å². The zero-order chi connectivity index (χ0) is 22.7. The molecule has 4 rings (SSSR count). The van der Waals surface area contributed by atoms with Crippen molar-refractivity contribution in [3.05, 3.63) is 90.8 Å². The van der Waals surface area contributed by atoms with Gasteiger partial charge in [-0.3, -0.25) is 4.79 Å². The van der Waals surface area contributed by atoms with Gasteiger partial charge in [0.2, 0.25) is 0 Å². The van der Waals surface area contributed by atoms with E-state index < -0.39 is 15.9 Å². The maximum atomic E-state index is 12.8. The summed E-state index contributed by atoms with van der Waals surface area (Å²) >= 11 is 0. The summed E-state index contributed by atoms with van der Waals surface area (Å²) in [7, 11) is -1.02. The molecule has 0 atom stereocenters. The van der Waals surface area contributed by atoms with E-state index >= 15 is 0 Å². The highest BCUT2D eigenvalue weighted by Crippen LogP contribution is 2.31. The van der Waals surface area contributed by atoms with Gasteiger partial charge in [0.1, 0.15) is 22.2 Å². The third kappa shape index (κ3) is 4.13. The maximum absolute atomic E-state index is 12.8. The van der Waals surface area contributed by atoms with E-state index in [0.29, 0.717) is 5.82 Å². The second-order valence-electron chi connectivity index (χ2n) is 7.06. The second-order valence-corrected chi connectivity index (χ2v) is 8.71. The Kier molecular flexibility index (Phi) is 5.79. The molecule has 1 N–H and O–H groups in total. The van der Waals surface area contributed by atoms with E-state index in [1.54, 1.807) is 23.7 Å². The molecule has 4 aromatic rings. The van der Waals surface area contributed by atoms with Crippen LogP contribution in [0.2, 0.25) is 0 Å². The van der Waals surface area contributed by atoms with Crippen molar-refractivity contribution in [2.24, 2.45) is 7.05 Å². The number of carbonyl (C=O) groups excluding carboxylic acids is 1. The van der Waals surface area contributed by atoms with Gasteiger partial charge in [-0.15, -0.1) is 0 Å². The van der Waals surface area contributed by atoms with Gasteiger partial charge >= 0.3 is 0 Å². The maximum Gasteiger partial charge on any atom is 0.285 e. The minimum Gasteiger partial charge on any atom is -0.495 e. The van der Waals surface area contributed by atoms with Crippen molar-refractivity contribution in [1.82, 2.24) is 14.3 Å². The number of sulfonamides is 1. The highest BCUT2D eigenvalue weighted by atomic mass is 32.2. The monoisotopic (exact) mass is 447 g/mol. The number of methoxy groups -OCH3 is 1. The molecule has 0 aliphatic heterocycles. The lowest BCUT2D eigenvalue weighted by Crippen LogP contribution is -2.31. The zero-order valence-corrected chi connectivity index (χ0v) is 18.3. The number of ether oxygens (including phenoxy) is 1. The summed E-state index contributed by atoms with van der Waals surface area (Å²) < 4.78 is 34.4. The summed E-state index contributed by atoms with van der Waals surface area (Å²) in [5.74, 6) is -0.134. The molecule has 0 radical (unpaired) electrons. The first kappa shape index (κ1) is 21.3. The lowest BCUT2D eigenvalue weighted by Gasteiger charge is -2.10. The van der Waals surface area contributed by atoms with Crippen LogP contribution in [-0.4, -0.2) is 31.0 Å². The van der Waals surface area contributed by atoms with Gasteiger partial charge in [-0.1, -0.05) is 66.7 Å². The number of aryl methyl sites for hydroxylation is 1. The largest absolute Gasteiger partial charge is 0.495 e. The molecule has 0 spiro atoms. The molecule has 0 aliphatic rings. The molecule has 7 nitrogen and oxygen atoms in total. The Morgan fingerprint density at radius 1 is 0.906 bits per heavy atom. The van der Waals surface area contributed by atoms with Crippen LogP contribution in [0.15, 0.2) is 90.0 Å². The van der Waals surface area contributed by atoms with Crippen LogP contribution in [0.4, 0.5) is 0 Å². The fourth-order valence-corrected chi connectivity index (χ4v) is 4.58. The Hall–Kier alpha value is -3.91. The van der Waals surface area contributed by atoms with Crippen LogP contribution < -0.4 is 9.46 Å². The van der Waals surface area contributed by atoms with E-state index in [4.69, 9.17) is 4.74 Å². The lowest BCUT2D eigenvalue weighted by molar-refractivity contribution is 0.0977. The topological polar surface area (TPSA) is 90.3 Å². The molecule has 162 valence electrons. The van der Waals surface area contributed by atoms with Gasteiger partial charge in [0.05, 0.1) is 7.11 Å². The number of nitrogens with zero attached hydrogens (tertiary/aromatic N) is 2. The number of imidazole rings is 1. The summed E-state index contributed by atoms with van der Waals surface area (Å²) in [5.41, 5.74) is 2.78. The molecule has 0 bridgehead atoms. The van der Waals surface area contributed by atoms with Crippen molar-refractivity contribution < 1.29 is 17.9 Å². The Bertz CT molecular complexity index is 1380. The predicted molar refractivity (Wildman–Crippen MR) is 122 cm³/mol.